The average Bonchev–Trinajstić information content (AvgIpc) is 3.18. The number of hydrogen-bond acceptors (Lipinski definition) is 4. The summed E-state index contributed by atoms with van der Waals surface area (Å²) in [5.74, 6) is -0.183. The predicted octanol–water partition coefficient (Wildman–Crippen LogP) is 3.59. The lowest BCUT2D eigenvalue weighted by molar-refractivity contribution is -0.0265. The van der Waals surface area contributed by atoms with E-state index in [0.29, 0.717) is 16.4 Å². The largest absolute Gasteiger partial charge is 0.465 e. The van der Waals surface area contributed by atoms with Crippen LogP contribution in [0.2, 0.25) is 5.02 Å². The molecular formula is C18H20ClFN4O4. The van der Waals surface area contributed by atoms with Gasteiger partial charge in [0.1, 0.15) is 17.7 Å². The molecule has 28 heavy (non-hydrogen) atoms. The maximum atomic E-state index is 13.5. The highest BCUT2D eigenvalue weighted by molar-refractivity contribution is 6.30. The lowest BCUT2D eigenvalue weighted by atomic mass is 10.1. The van der Waals surface area contributed by atoms with Crippen LogP contribution < -0.4 is 5.32 Å². The van der Waals surface area contributed by atoms with Crippen LogP contribution >= 0.6 is 11.6 Å². The van der Waals surface area contributed by atoms with E-state index in [-0.39, 0.29) is 11.6 Å². The van der Waals surface area contributed by atoms with Crippen molar-refractivity contribution in [3.8, 4) is 5.69 Å². The zero-order valence-corrected chi connectivity index (χ0v) is 16.3. The first kappa shape index (κ1) is 20.1. The van der Waals surface area contributed by atoms with Gasteiger partial charge in [0.2, 0.25) is 0 Å². The van der Waals surface area contributed by atoms with E-state index in [1.807, 2.05) is 20.8 Å². The summed E-state index contributed by atoms with van der Waals surface area (Å²) in [7, 11) is 0. The molecule has 2 N–H and O–H groups in total. The number of ether oxygens (including phenoxy) is 1. The Kier molecular flexibility index (Phi) is 5.31. The fraction of sp³-hybridized carbons (Fsp3) is 0.389. The van der Waals surface area contributed by atoms with Gasteiger partial charge in [0.15, 0.2) is 0 Å². The number of hydrogen-bond donors (Lipinski definition) is 2. The van der Waals surface area contributed by atoms with Gasteiger partial charge in [-0.25, -0.2) is 23.9 Å². The van der Waals surface area contributed by atoms with E-state index in [2.05, 4.69) is 10.3 Å². The number of nitrogens with one attached hydrogen (secondary N) is 1. The predicted molar refractivity (Wildman–Crippen MR) is 99.2 cm³/mol. The quantitative estimate of drug-likeness (QED) is 0.802. The first-order valence-electron chi connectivity index (χ1n) is 8.54. The number of aromatic nitrogens is 2. The Balaban J connectivity index is 1.99. The number of imide groups is 1. The van der Waals surface area contributed by atoms with Gasteiger partial charge >= 0.3 is 12.1 Å². The molecule has 0 bridgehead atoms. The molecule has 10 heteroatoms. The number of benzene rings is 1. The summed E-state index contributed by atoms with van der Waals surface area (Å²) in [6.45, 7) is 5.48. The SMILES string of the molecule is CC(C)(C)OC[C@@H]1[C@@H](c2nccn2-c2ccc(F)c(Cl)c2)NC(=O)N1C(=O)O. The topological polar surface area (TPSA) is 96.7 Å². The third kappa shape index (κ3) is 3.95. The maximum absolute atomic E-state index is 13.5. The first-order valence-corrected chi connectivity index (χ1v) is 8.91. The summed E-state index contributed by atoms with van der Waals surface area (Å²) in [5, 5.41) is 12.1. The van der Waals surface area contributed by atoms with Gasteiger partial charge in [-0.2, -0.15) is 0 Å². The van der Waals surface area contributed by atoms with Crippen LogP contribution in [0.1, 0.15) is 32.6 Å². The van der Waals surface area contributed by atoms with Crippen LogP contribution in [0.4, 0.5) is 14.0 Å². The molecule has 1 saturated heterocycles. The van der Waals surface area contributed by atoms with Crippen LogP contribution in [0.3, 0.4) is 0 Å². The van der Waals surface area contributed by atoms with Crippen molar-refractivity contribution in [2.45, 2.75) is 38.5 Å². The standard InChI is InChI=1S/C18H20ClFN4O4/c1-18(2,3)28-9-13-14(22-16(25)24(13)17(26)27)15-21-6-7-23(15)10-4-5-12(20)11(19)8-10/h4-8,13-14H,9H2,1-3H3,(H,22,25)(H,26,27)/t13-,14+/m1/s1. The summed E-state index contributed by atoms with van der Waals surface area (Å²) in [6.07, 6.45) is 1.74. The second-order valence-corrected chi connectivity index (χ2v) is 7.73. The Morgan fingerprint density at radius 1 is 1.43 bits per heavy atom. The van der Waals surface area contributed by atoms with Crippen LogP contribution in [0.25, 0.3) is 5.69 Å². The van der Waals surface area contributed by atoms with E-state index < -0.39 is 35.6 Å². The highest BCUT2D eigenvalue weighted by atomic mass is 35.5. The molecule has 8 nitrogen and oxygen atoms in total. The summed E-state index contributed by atoms with van der Waals surface area (Å²) in [6, 6.07) is 1.81. The van der Waals surface area contributed by atoms with Gasteiger partial charge < -0.3 is 19.7 Å². The third-order valence-corrected chi connectivity index (χ3v) is 4.53. The molecule has 1 aliphatic heterocycles. The average molecular weight is 411 g/mol. The van der Waals surface area contributed by atoms with E-state index in [1.54, 1.807) is 10.8 Å². The molecular weight excluding hydrogens is 391 g/mol. The van der Waals surface area contributed by atoms with Crippen LogP contribution in [0.5, 0.6) is 0 Å². The number of carbonyl (C=O) groups excluding carboxylic acids is 1. The Labute approximate surface area is 165 Å². The van der Waals surface area contributed by atoms with Crippen molar-refractivity contribution in [2.24, 2.45) is 0 Å². The maximum Gasteiger partial charge on any atom is 0.415 e. The number of amides is 3. The van der Waals surface area contributed by atoms with E-state index >= 15 is 0 Å². The molecule has 1 aromatic carbocycles. The normalized spacial score (nSPS) is 19.8. The smallest absolute Gasteiger partial charge is 0.415 e. The summed E-state index contributed by atoms with van der Waals surface area (Å²) >= 11 is 5.87. The lowest BCUT2D eigenvalue weighted by Gasteiger charge is -2.27. The van der Waals surface area contributed by atoms with Gasteiger partial charge in [-0.05, 0) is 39.0 Å². The molecule has 0 radical (unpaired) electrons. The Hall–Kier alpha value is -2.65. The van der Waals surface area contributed by atoms with Crippen LogP contribution in [0, 0.1) is 5.82 Å². The van der Waals surface area contributed by atoms with Crippen LogP contribution in [-0.4, -0.2) is 49.9 Å². The second-order valence-electron chi connectivity index (χ2n) is 7.32. The molecule has 0 saturated carbocycles. The van der Waals surface area contributed by atoms with E-state index in [0.717, 1.165) is 0 Å². The minimum absolute atomic E-state index is 0.0176. The molecule has 3 amide bonds. The Bertz CT molecular complexity index is 911. The van der Waals surface area contributed by atoms with Crippen molar-refractivity contribution in [3.63, 3.8) is 0 Å². The van der Waals surface area contributed by atoms with Gasteiger partial charge in [-0.3, -0.25) is 0 Å². The molecule has 1 aromatic heterocycles. The van der Waals surface area contributed by atoms with E-state index in [4.69, 9.17) is 16.3 Å². The molecule has 0 spiro atoms. The van der Waals surface area contributed by atoms with Crippen molar-refractivity contribution >= 4 is 23.7 Å². The van der Waals surface area contributed by atoms with Crippen LogP contribution in [0.15, 0.2) is 30.6 Å². The number of nitrogens with zero attached hydrogens (tertiary/aromatic N) is 3. The fourth-order valence-electron chi connectivity index (χ4n) is 2.97. The van der Waals surface area contributed by atoms with Gasteiger partial charge in [0.25, 0.3) is 0 Å². The summed E-state index contributed by atoms with van der Waals surface area (Å²) in [5.41, 5.74) is -0.00213. The minimum Gasteiger partial charge on any atom is -0.465 e. The van der Waals surface area contributed by atoms with Gasteiger partial charge in [-0.1, -0.05) is 11.6 Å². The minimum atomic E-state index is -1.38. The lowest BCUT2D eigenvalue weighted by Crippen LogP contribution is -2.43. The highest BCUT2D eigenvalue weighted by Gasteiger charge is 2.46. The fourth-order valence-corrected chi connectivity index (χ4v) is 3.14. The van der Waals surface area contributed by atoms with Gasteiger partial charge in [0, 0.05) is 18.1 Å². The van der Waals surface area contributed by atoms with Crippen LogP contribution in [-0.2, 0) is 4.74 Å². The molecule has 150 valence electrons. The molecule has 3 rings (SSSR count). The summed E-state index contributed by atoms with van der Waals surface area (Å²) in [4.78, 5) is 28.9. The van der Waals surface area contributed by atoms with Crippen molar-refractivity contribution in [1.29, 1.82) is 0 Å². The molecule has 2 atom stereocenters. The van der Waals surface area contributed by atoms with E-state index in [1.165, 1.54) is 24.4 Å². The molecule has 2 aromatic rings. The zero-order valence-electron chi connectivity index (χ0n) is 15.5. The van der Waals surface area contributed by atoms with Crippen molar-refractivity contribution in [3.05, 3.63) is 47.3 Å². The Morgan fingerprint density at radius 2 is 2.14 bits per heavy atom. The number of carbonyl (C=O) groups is 2. The number of halogens is 2. The molecule has 0 aliphatic carbocycles. The van der Waals surface area contributed by atoms with Crippen molar-refractivity contribution < 1.29 is 23.8 Å². The monoisotopic (exact) mass is 410 g/mol. The summed E-state index contributed by atoms with van der Waals surface area (Å²) < 4.78 is 20.9. The zero-order chi connectivity index (χ0) is 20.6. The van der Waals surface area contributed by atoms with Crippen molar-refractivity contribution in [2.75, 3.05) is 6.61 Å². The van der Waals surface area contributed by atoms with Gasteiger partial charge in [0.05, 0.1) is 23.3 Å². The van der Waals surface area contributed by atoms with Gasteiger partial charge in [-0.15, -0.1) is 0 Å². The third-order valence-electron chi connectivity index (χ3n) is 4.24. The number of imidazole rings is 1. The first-order chi connectivity index (χ1) is 13.1. The second kappa shape index (κ2) is 7.40. The molecule has 2 heterocycles. The molecule has 1 aliphatic rings. The number of rotatable bonds is 4. The molecule has 1 fully saturated rings. The molecule has 0 unspecified atom stereocenters. The van der Waals surface area contributed by atoms with E-state index in [9.17, 15) is 19.1 Å². The van der Waals surface area contributed by atoms with Crippen molar-refractivity contribution in [1.82, 2.24) is 19.8 Å². The number of carboxylic acid groups (broad SMARTS) is 1. The highest BCUT2D eigenvalue weighted by Crippen LogP contribution is 2.30. The Morgan fingerprint density at radius 3 is 2.75 bits per heavy atom. The number of urea groups is 1.